The fraction of sp³-hybridized carbons (Fsp3) is 0.860. The molecule has 0 aromatic heterocycles. The molecule has 6 nitrogen and oxygen atoms in total. The van der Waals surface area contributed by atoms with Gasteiger partial charge in [0.05, 0.1) is 0 Å². The molecule has 56 heavy (non-hydrogen) atoms. The lowest BCUT2D eigenvalue weighted by atomic mass is 10.1. The summed E-state index contributed by atoms with van der Waals surface area (Å²) < 4.78 is 16.7. The lowest BCUT2D eigenvalue weighted by molar-refractivity contribution is -0.167. The fourth-order valence-electron chi connectivity index (χ4n) is 6.96. The van der Waals surface area contributed by atoms with Crippen molar-refractivity contribution in [2.45, 2.75) is 264 Å². The van der Waals surface area contributed by atoms with Crippen LogP contribution in [-0.2, 0) is 28.6 Å². The first kappa shape index (κ1) is 53.9. The normalized spacial score (nSPS) is 12.1. The van der Waals surface area contributed by atoms with Crippen molar-refractivity contribution in [2.24, 2.45) is 0 Å². The summed E-state index contributed by atoms with van der Waals surface area (Å²) in [4.78, 5) is 37.7. The van der Waals surface area contributed by atoms with E-state index in [0.717, 1.165) is 70.6 Å². The number of hydrogen-bond acceptors (Lipinski definition) is 6. The van der Waals surface area contributed by atoms with Gasteiger partial charge in [-0.15, -0.1) is 0 Å². The maximum absolute atomic E-state index is 12.7. The number of unbranched alkanes of at least 4 members (excludes halogenated alkanes) is 29. The molecule has 0 aliphatic rings. The minimum absolute atomic E-state index is 0.0748. The molecule has 0 radical (unpaired) electrons. The van der Waals surface area contributed by atoms with Gasteiger partial charge < -0.3 is 14.2 Å². The highest BCUT2D eigenvalue weighted by molar-refractivity contribution is 5.71. The van der Waals surface area contributed by atoms with Crippen molar-refractivity contribution in [1.82, 2.24) is 0 Å². The summed E-state index contributed by atoms with van der Waals surface area (Å²) in [5.41, 5.74) is 0. The number of allylic oxidation sites excluding steroid dienone is 4. The predicted molar refractivity (Wildman–Crippen MR) is 238 cm³/mol. The highest BCUT2D eigenvalue weighted by Gasteiger charge is 2.19. The van der Waals surface area contributed by atoms with Gasteiger partial charge in [0, 0.05) is 19.3 Å². The molecule has 0 amide bonds. The van der Waals surface area contributed by atoms with Gasteiger partial charge in [-0.05, 0) is 70.6 Å². The van der Waals surface area contributed by atoms with Crippen LogP contribution >= 0.6 is 0 Å². The fourth-order valence-corrected chi connectivity index (χ4v) is 6.96. The minimum Gasteiger partial charge on any atom is -0.462 e. The lowest BCUT2D eigenvalue weighted by Crippen LogP contribution is -2.30. The van der Waals surface area contributed by atoms with Crippen LogP contribution in [0.1, 0.15) is 258 Å². The van der Waals surface area contributed by atoms with Gasteiger partial charge in [0.15, 0.2) is 6.10 Å². The van der Waals surface area contributed by atoms with Crippen molar-refractivity contribution in [3.8, 4) is 0 Å². The Labute approximate surface area is 347 Å². The number of carbonyl (C=O) groups is 3. The zero-order chi connectivity index (χ0) is 40.8. The molecule has 0 aliphatic heterocycles. The number of esters is 3. The third-order valence-electron chi connectivity index (χ3n) is 10.7. The molecular formula is C50H92O6. The average molecular weight is 789 g/mol. The molecule has 1 unspecified atom stereocenters. The van der Waals surface area contributed by atoms with Crippen molar-refractivity contribution in [2.75, 3.05) is 13.2 Å². The quantitative estimate of drug-likeness (QED) is 0.0265. The summed E-state index contributed by atoms with van der Waals surface area (Å²) in [6, 6.07) is 0. The van der Waals surface area contributed by atoms with Crippen molar-refractivity contribution in [3.63, 3.8) is 0 Å². The Morgan fingerprint density at radius 2 is 0.589 bits per heavy atom. The maximum atomic E-state index is 12.7. The SMILES string of the molecule is CCCCCCC/C=C\CCCCCCCC(=O)OC(COC(=O)CCCCCCC/C=C\CCCCCCCCC)COC(=O)CCCCCCCCCC. The third-order valence-corrected chi connectivity index (χ3v) is 10.7. The van der Waals surface area contributed by atoms with E-state index in [2.05, 4.69) is 45.1 Å². The second-order valence-corrected chi connectivity index (χ2v) is 16.4. The summed E-state index contributed by atoms with van der Waals surface area (Å²) in [5, 5.41) is 0. The largest absolute Gasteiger partial charge is 0.462 e. The molecule has 0 saturated heterocycles. The molecule has 0 aromatic rings. The van der Waals surface area contributed by atoms with E-state index in [9.17, 15) is 14.4 Å². The standard InChI is InChI=1S/C50H92O6/c1-4-7-10-13-16-19-21-23-25-26-28-29-31-34-37-40-43-49(52)55-46-47(45-54-48(51)42-39-36-33-18-15-12-9-6-3)56-50(53)44-41-38-35-32-30-27-24-22-20-17-14-11-8-5-2/h22,24-26,47H,4-21,23,27-46H2,1-3H3/b24-22-,26-25-. The first-order chi connectivity index (χ1) is 27.5. The van der Waals surface area contributed by atoms with Crippen LogP contribution in [-0.4, -0.2) is 37.2 Å². The van der Waals surface area contributed by atoms with Crippen molar-refractivity contribution < 1.29 is 28.6 Å². The first-order valence-electron chi connectivity index (χ1n) is 24.3. The minimum atomic E-state index is -0.772. The zero-order valence-corrected chi connectivity index (χ0v) is 37.4. The van der Waals surface area contributed by atoms with Gasteiger partial charge >= 0.3 is 17.9 Å². The van der Waals surface area contributed by atoms with Gasteiger partial charge in [-0.1, -0.05) is 193 Å². The van der Waals surface area contributed by atoms with Crippen LogP contribution in [0.15, 0.2) is 24.3 Å². The van der Waals surface area contributed by atoms with Crippen LogP contribution in [0.4, 0.5) is 0 Å². The Morgan fingerprint density at radius 3 is 0.893 bits per heavy atom. The van der Waals surface area contributed by atoms with E-state index in [4.69, 9.17) is 14.2 Å². The molecule has 0 aromatic carbocycles. The van der Waals surface area contributed by atoms with Gasteiger partial charge in [-0.2, -0.15) is 0 Å². The van der Waals surface area contributed by atoms with E-state index in [1.165, 1.54) is 148 Å². The second kappa shape index (κ2) is 45.6. The summed E-state index contributed by atoms with van der Waals surface area (Å²) in [6.45, 7) is 6.59. The molecule has 0 fully saturated rings. The number of hydrogen-bond donors (Lipinski definition) is 0. The monoisotopic (exact) mass is 789 g/mol. The molecule has 0 heterocycles. The summed E-state index contributed by atoms with van der Waals surface area (Å²) >= 11 is 0. The van der Waals surface area contributed by atoms with E-state index in [1.54, 1.807) is 0 Å². The summed E-state index contributed by atoms with van der Waals surface area (Å²) in [7, 11) is 0. The van der Waals surface area contributed by atoms with E-state index in [-0.39, 0.29) is 31.1 Å². The highest BCUT2D eigenvalue weighted by Crippen LogP contribution is 2.14. The molecule has 1 atom stereocenters. The first-order valence-corrected chi connectivity index (χ1v) is 24.3. The van der Waals surface area contributed by atoms with E-state index in [1.807, 2.05) is 0 Å². The molecule has 0 saturated carbocycles. The van der Waals surface area contributed by atoms with Crippen LogP contribution in [0.5, 0.6) is 0 Å². The van der Waals surface area contributed by atoms with Crippen molar-refractivity contribution >= 4 is 17.9 Å². The van der Waals surface area contributed by atoms with Crippen LogP contribution in [0, 0.1) is 0 Å². The molecule has 0 rings (SSSR count). The Morgan fingerprint density at radius 1 is 0.339 bits per heavy atom. The molecule has 0 spiro atoms. The summed E-state index contributed by atoms with van der Waals surface area (Å²) in [5.74, 6) is -0.889. The average Bonchev–Trinajstić information content (AvgIpc) is 3.19. The maximum Gasteiger partial charge on any atom is 0.306 e. The lowest BCUT2D eigenvalue weighted by Gasteiger charge is -2.18. The topological polar surface area (TPSA) is 78.9 Å². The highest BCUT2D eigenvalue weighted by atomic mass is 16.6. The number of carbonyl (C=O) groups excluding carboxylic acids is 3. The molecular weight excluding hydrogens is 697 g/mol. The Balaban J connectivity index is 4.31. The Kier molecular flexibility index (Phi) is 43.9. The van der Waals surface area contributed by atoms with E-state index >= 15 is 0 Å². The van der Waals surface area contributed by atoms with Crippen LogP contribution in [0.2, 0.25) is 0 Å². The summed E-state index contributed by atoms with van der Waals surface area (Å²) in [6.07, 6.45) is 50.2. The van der Waals surface area contributed by atoms with E-state index in [0.29, 0.717) is 19.3 Å². The predicted octanol–water partition coefficient (Wildman–Crippen LogP) is 15.6. The van der Waals surface area contributed by atoms with Crippen molar-refractivity contribution in [3.05, 3.63) is 24.3 Å². The zero-order valence-electron chi connectivity index (χ0n) is 37.4. The van der Waals surface area contributed by atoms with Crippen LogP contribution in [0.25, 0.3) is 0 Å². The van der Waals surface area contributed by atoms with E-state index < -0.39 is 6.10 Å². The second-order valence-electron chi connectivity index (χ2n) is 16.4. The van der Waals surface area contributed by atoms with Gasteiger partial charge in [0.25, 0.3) is 0 Å². The Bertz CT molecular complexity index is 911. The number of ether oxygens (including phenoxy) is 3. The van der Waals surface area contributed by atoms with Crippen LogP contribution < -0.4 is 0 Å². The molecule has 328 valence electrons. The third kappa shape index (κ3) is 43.0. The molecule has 0 bridgehead atoms. The smallest absolute Gasteiger partial charge is 0.306 e. The molecule has 0 aliphatic carbocycles. The molecule has 0 N–H and O–H groups in total. The van der Waals surface area contributed by atoms with Crippen LogP contribution in [0.3, 0.4) is 0 Å². The number of rotatable bonds is 44. The van der Waals surface area contributed by atoms with Gasteiger partial charge in [0.1, 0.15) is 13.2 Å². The van der Waals surface area contributed by atoms with Gasteiger partial charge in [-0.3, -0.25) is 14.4 Å². The molecule has 6 heteroatoms. The van der Waals surface area contributed by atoms with Gasteiger partial charge in [0.2, 0.25) is 0 Å². The Hall–Kier alpha value is -2.11. The van der Waals surface area contributed by atoms with Crippen molar-refractivity contribution in [1.29, 1.82) is 0 Å². The van der Waals surface area contributed by atoms with Gasteiger partial charge in [-0.25, -0.2) is 0 Å².